The standard InChI is InChI=1S/C19H28N2O2/c1-20(2)19(22)18-6-4-3-5-16(18)13-21-11-9-17(10-12-21)23-14-15-7-8-15/h3-6,15,17H,7-14H2,1-2H3. The third kappa shape index (κ3) is 4.55. The molecule has 4 heteroatoms. The molecule has 0 atom stereocenters. The van der Waals surface area contributed by atoms with Gasteiger partial charge in [0, 0.05) is 45.9 Å². The van der Waals surface area contributed by atoms with Crippen molar-refractivity contribution in [3.8, 4) is 0 Å². The number of rotatable bonds is 6. The van der Waals surface area contributed by atoms with Gasteiger partial charge in [-0.3, -0.25) is 9.69 Å². The Balaban J connectivity index is 1.53. The van der Waals surface area contributed by atoms with E-state index in [1.807, 2.05) is 32.3 Å². The summed E-state index contributed by atoms with van der Waals surface area (Å²) in [4.78, 5) is 16.4. The van der Waals surface area contributed by atoms with Crippen molar-refractivity contribution < 1.29 is 9.53 Å². The molecule has 1 saturated heterocycles. The van der Waals surface area contributed by atoms with E-state index in [9.17, 15) is 4.79 Å². The molecule has 1 saturated carbocycles. The van der Waals surface area contributed by atoms with Crippen molar-refractivity contribution in [2.45, 2.75) is 38.3 Å². The van der Waals surface area contributed by atoms with Crippen molar-refractivity contribution >= 4 is 5.91 Å². The lowest BCUT2D eigenvalue weighted by molar-refractivity contribution is 0.000878. The highest BCUT2D eigenvalue weighted by Gasteiger charge is 2.26. The van der Waals surface area contributed by atoms with Crippen LogP contribution in [0.5, 0.6) is 0 Å². The van der Waals surface area contributed by atoms with Gasteiger partial charge in [-0.1, -0.05) is 18.2 Å². The Morgan fingerprint density at radius 2 is 1.87 bits per heavy atom. The molecule has 1 aliphatic carbocycles. The zero-order valence-corrected chi connectivity index (χ0v) is 14.3. The number of carbonyl (C=O) groups is 1. The Hall–Kier alpha value is -1.39. The van der Waals surface area contributed by atoms with Gasteiger partial charge in [-0.15, -0.1) is 0 Å². The highest BCUT2D eigenvalue weighted by molar-refractivity contribution is 5.95. The van der Waals surface area contributed by atoms with Crippen LogP contribution in [-0.4, -0.2) is 55.6 Å². The van der Waals surface area contributed by atoms with Crippen molar-refractivity contribution in [3.05, 3.63) is 35.4 Å². The van der Waals surface area contributed by atoms with Gasteiger partial charge in [-0.05, 0) is 43.2 Å². The van der Waals surface area contributed by atoms with E-state index in [2.05, 4.69) is 11.0 Å². The van der Waals surface area contributed by atoms with E-state index in [0.29, 0.717) is 6.10 Å². The van der Waals surface area contributed by atoms with Gasteiger partial charge in [0.2, 0.25) is 0 Å². The number of hydrogen-bond donors (Lipinski definition) is 0. The van der Waals surface area contributed by atoms with Crippen LogP contribution >= 0.6 is 0 Å². The van der Waals surface area contributed by atoms with Gasteiger partial charge < -0.3 is 9.64 Å². The SMILES string of the molecule is CN(C)C(=O)c1ccccc1CN1CCC(OCC2CC2)CC1. The fourth-order valence-corrected chi connectivity index (χ4v) is 3.14. The molecule has 3 rings (SSSR count). The van der Waals surface area contributed by atoms with Crippen LogP contribution in [-0.2, 0) is 11.3 Å². The summed E-state index contributed by atoms with van der Waals surface area (Å²) in [6.07, 6.45) is 5.36. The molecule has 1 heterocycles. The summed E-state index contributed by atoms with van der Waals surface area (Å²) in [6.45, 7) is 3.93. The summed E-state index contributed by atoms with van der Waals surface area (Å²) in [5.41, 5.74) is 1.95. The molecule has 23 heavy (non-hydrogen) atoms. The molecule has 0 unspecified atom stereocenters. The minimum Gasteiger partial charge on any atom is -0.378 e. The second-order valence-electron chi connectivity index (χ2n) is 7.11. The second-order valence-corrected chi connectivity index (χ2v) is 7.11. The Bertz CT molecular complexity index is 532. The number of hydrogen-bond acceptors (Lipinski definition) is 3. The van der Waals surface area contributed by atoms with Crippen LogP contribution in [0.2, 0.25) is 0 Å². The number of amides is 1. The summed E-state index contributed by atoms with van der Waals surface area (Å²) in [7, 11) is 3.61. The molecule has 1 amide bonds. The van der Waals surface area contributed by atoms with E-state index in [-0.39, 0.29) is 5.91 Å². The lowest BCUT2D eigenvalue weighted by Crippen LogP contribution is -2.37. The molecule has 0 N–H and O–H groups in total. The van der Waals surface area contributed by atoms with Crippen LogP contribution in [0.1, 0.15) is 41.6 Å². The van der Waals surface area contributed by atoms with Gasteiger partial charge in [0.25, 0.3) is 5.91 Å². The van der Waals surface area contributed by atoms with Crippen LogP contribution in [0.4, 0.5) is 0 Å². The molecule has 126 valence electrons. The maximum absolute atomic E-state index is 12.3. The Kier molecular flexibility index (Phi) is 5.34. The monoisotopic (exact) mass is 316 g/mol. The summed E-state index contributed by atoms with van der Waals surface area (Å²) < 4.78 is 6.01. The average molecular weight is 316 g/mol. The molecule has 1 aromatic rings. The lowest BCUT2D eigenvalue weighted by atomic mass is 10.0. The van der Waals surface area contributed by atoms with Gasteiger partial charge in [-0.25, -0.2) is 0 Å². The van der Waals surface area contributed by atoms with E-state index < -0.39 is 0 Å². The summed E-state index contributed by atoms with van der Waals surface area (Å²) in [6, 6.07) is 7.97. The van der Waals surface area contributed by atoms with Crippen molar-refractivity contribution in [1.82, 2.24) is 9.80 Å². The number of nitrogens with zero attached hydrogens (tertiary/aromatic N) is 2. The first-order valence-electron chi connectivity index (χ1n) is 8.77. The topological polar surface area (TPSA) is 32.8 Å². The van der Waals surface area contributed by atoms with Crippen molar-refractivity contribution in [1.29, 1.82) is 0 Å². The maximum Gasteiger partial charge on any atom is 0.253 e. The van der Waals surface area contributed by atoms with Crippen LogP contribution in [0.15, 0.2) is 24.3 Å². The average Bonchev–Trinajstić information content (AvgIpc) is 3.38. The number of benzene rings is 1. The number of ether oxygens (including phenoxy) is 1. The van der Waals surface area contributed by atoms with Crippen molar-refractivity contribution in [3.63, 3.8) is 0 Å². The molecule has 1 aromatic carbocycles. The zero-order valence-electron chi connectivity index (χ0n) is 14.3. The van der Waals surface area contributed by atoms with E-state index in [1.165, 1.54) is 12.8 Å². The minimum absolute atomic E-state index is 0.0863. The van der Waals surface area contributed by atoms with Crippen molar-refractivity contribution in [2.75, 3.05) is 33.8 Å². The molecule has 2 aliphatic rings. The summed E-state index contributed by atoms with van der Waals surface area (Å²) in [5, 5.41) is 0. The lowest BCUT2D eigenvalue weighted by Gasteiger charge is -2.32. The second kappa shape index (κ2) is 7.45. The molecule has 0 spiro atoms. The highest BCUT2D eigenvalue weighted by atomic mass is 16.5. The molecule has 1 aliphatic heterocycles. The van der Waals surface area contributed by atoms with Crippen LogP contribution in [0.25, 0.3) is 0 Å². The van der Waals surface area contributed by atoms with Crippen molar-refractivity contribution in [2.24, 2.45) is 5.92 Å². The molecular weight excluding hydrogens is 288 g/mol. The smallest absolute Gasteiger partial charge is 0.253 e. The van der Waals surface area contributed by atoms with Gasteiger partial charge in [0.1, 0.15) is 0 Å². The Labute approximate surface area is 139 Å². The maximum atomic E-state index is 12.3. The fraction of sp³-hybridized carbons (Fsp3) is 0.632. The predicted octanol–water partition coefficient (Wildman–Crippen LogP) is 2.78. The Morgan fingerprint density at radius 3 is 2.52 bits per heavy atom. The first-order valence-corrected chi connectivity index (χ1v) is 8.77. The van der Waals surface area contributed by atoms with Crippen LogP contribution in [0.3, 0.4) is 0 Å². The molecule has 0 aromatic heterocycles. The first kappa shape index (κ1) is 16.5. The highest BCUT2D eigenvalue weighted by Crippen LogP contribution is 2.30. The van der Waals surface area contributed by atoms with E-state index in [4.69, 9.17) is 4.74 Å². The third-order valence-electron chi connectivity index (χ3n) is 4.85. The molecule has 0 radical (unpaired) electrons. The quantitative estimate of drug-likeness (QED) is 0.809. The molecule has 4 nitrogen and oxygen atoms in total. The van der Waals surface area contributed by atoms with Gasteiger partial charge in [0.15, 0.2) is 0 Å². The van der Waals surface area contributed by atoms with Crippen LogP contribution in [0, 0.1) is 5.92 Å². The van der Waals surface area contributed by atoms with Gasteiger partial charge >= 0.3 is 0 Å². The number of carbonyl (C=O) groups excluding carboxylic acids is 1. The third-order valence-corrected chi connectivity index (χ3v) is 4.85. The first-order chi connectivity index (χ1) is 11.1. The van der Waals surface area contributed by atoms with E-state index in [1.54, 1.807) is 4.90 Å². The van der Waals surface area contributed by atoms with Gasteiger partial charge in [0.05, 0.1) is 6.10 Å². The van der Waals surface area contributed by atoms with Gasteiger partial charge in [-0.2, -0.15) is 0 Å². The van der Waals surface area contributed by atoms with E-state index in [0.717, 1.165) is 56.1 Å². The number of piperidine rings is 1. The molecule has 0 bridgehead atoms. The Morgan fingerprint density at radius 1 is 1.17 bits per heavy atom. The largest absolute Gasteiger partial charge is 0.378 e. The molecular formula is C19H28N2O2. The number of likely N-dealkylation sites (tertiary alicyclic amines) is 1. The summed E-state index contributed by atoms with van der Waals surface area (Å²) >= 11 is 0. The zero-order chi connectivity index (χ0) is 16.2. The van der Waals surface area contributed by atoms with Crippen LogP contribution < -0.4 is 0 Å². The molecule has 2 fully saturated rings. The fourth-order valence-electron chi connectivity index (χ4n) is 3.14. The predicted molar refractivity (Wildman–Crippen MR) is 91.4 cm³/mol. The normalized spacial score (nSPS) is 19.7. The minimum atomic E-state index is 0.0863. The van der Waals surface area contributed by atoms with E-state index >= 15 is 0 Å². The summed E-state index contributed by atoms with van der Waals surface area (Å²) in [5.74, 6) is 0.931.